The molecule has 2 N–H and O–H groups in total. The zero-order valence-corrected chi connectivity index (χ0v) is 14.3. The van der Waals surface area contributed by atoms with Crippen LogP contribution in [-0.4, -0.2) is 21.0 Å². The number of carboxylic acids is 1. The molecule has 0 atom stereocenters. The molecule has 130 valence electrons. The molecule has 0 aliphatic carbocycles. The summed E-state index contributed by atoms with van der Waals surface area (Å²) in [4.78, 5) is 18.9. The van der Waals surface area contributed by atoms with Gasteiger partial charge in [-0.05, 0) is 42.8 Å². The van der Waals surface area contributed by atoms with Gasteiger partial charge in [0.1, 0.15) is 12.4 Å². The molecular formula is C21H18N2O3. The number of H-pyrrole nitrogens is 1. The third-order valence-electron chi connectivity index (χ3n) is 4.46. The lowest BCUT2D eigenvalue weighted by Gasteiger charge is -2.07. The SMILES string of the molecule is Cc1[nH]c2ccc(OCc3ccc4ccccc4n3)cc2c1CC(=O)O. The number of aryl methyl sites for hydroxylation is 1. The molecule has 5 heteroatoms. The zero-order chi connectivity index (χ0) is 18.1. The largest absolute Gasteiger partial charge is 0.487 e. The van der Waals surface area contributed by atoms with Crippen molar-refractivity contribution < 1.29 is 14.6 Å². The molecule has 0 fully saturated rings. The lowest BCUT2D eigenvalue weighted by molar-refractivity contribution is -0.136. The van der Waals surface area contributed by atoms with E-state index in [1.54, 1.807) is 0 Å². The predicted molar refractivity (Wildman–Crippen MR) is 100 cm³/mol. The highest BCUT2D eigenvalue weighted by molar-refractivity contribution is 5.89. The summed E-state index contributed by atoms with van der Waals surface area (Å²) in [5.74, 6) is -0.154. The first kappa shape index (κ1) is 16.1. The molecule has 2 aromatic carbocycles. The van der Waals surface area contributed by atoms with Crippen molar-refractivity contribution in [3.8, 4) is 5.75 Å². The fourth-order valence-corrected chi connectivity index (χ4v) is 3.18. The maximum atomic E-state index is 11.1. The predicted octanol–water partition coefficient (Wildman–Crippen LogP) is 4.23. The van der Waals surface area contributed by atoms with E-state index < -0.39 is 5.97 Å². The van der Waals surface area contributed by atoms with Crippen molar-refractivity contribution in [2.24, 2.45) is 0 Å². The van der Waals surface area contributed by atoms with Crippen molar-refractivity contribution in [3.05, 3.63) is 71.5 Å². The molecule has 0 aliphatic heterocycles. The molecule has 2 heterocycles. The number of aliphatic carboxylic acids is 1. The summed E-state index contributed by atoms with van der Waals surface area (Å²) in [7, 11) is 0. The topological polar surface area (TPSA) is 75.2 Å². The molecule has 0 aliphatic rings. The van der Waals surface area contributed by atoms with Crippen molar-refractivity contribution in [3.63, 3.8) is 0 Å². The third-order valence-corrected chi connectivity index (χ3v) is 4.46. The Hall–Kier alpha value is -3.34. The van der Waals surface area contributed by atoms with Gasteiger partial charge in [-0.15, -0.1) is 0 Å². The van der Waals surface area contributed by atoms with Gasteiger partial charge in [-0.2, -0.15) is 0 Å². The number of para-hydroxylation sites is 1. The maximum absolute atomic E-state index is 11.1. The molecule has 0 bridgehead atoms. The molecular weight excluding hydrogens is 328 g/mol. The molecule has 4 aromatic rings. The average Bonchev–Trinajstić information content (AvgIpc) is 2.94. The number of nitrogens with zero attached hydrogens (tertiary/aromatic N) is 1. The molecule has 0 saturated carbocycles. The van der Waals surface area contributed by atoms with Crippen molar-refractivity contribution in [1.82, 2.24) is 9.97 Å². The second-order valence-electron chi connectivity index (χ2n) is 6.29. The number of aromatic amines is 1. The van der Waals surface area contributed by atoms with E-state index in [4.69, 9.17) is 9.84 Å². The minimum Gasteiger partial charge on any atom is -0.487 e. The second kappa shape index (κ2) is 6.52. The van der Waals surface area contributed by atoms with E-state index in [9.17, 15) is 4.79 Å². The van der Waals surface area contributed by atoms with Crippen molar-refractivity contribution in [2.75, 3.05) is 0 Å². The van der Waals surface area contributed by atoms with Crippen LogP contribution in [0.3, 0.4) is 0 Å². The summed E-state index contributed by atoms with van der Waals surface area (Å²) in [6.07, 6.45) is -0.0124. The molecule has 26 heavy (non-hydrogen) atoms. The van der Waals surface area contributed by atoms with Crippen LogP contribution in [0.1, 0.15) is 17.0 Å². The number of carboxylic acid groups (broad SMARTS) is 1. The van der Waals surface area contributed by atoms with E-state index in [0.29, 0.717) is 12.4 Å². The Kier molecular flexibility index (Phi) is 4.05. The van der Waals surface area contributed by atoms with Gasteiger partial charge in [0.2, 0.25) is 0 Å². The van der Waals surface area contributed by atoms with E-state index in [2.05, 4.69) is 9.97 Å². The molecule has 0 spiro atoms. The molecule has 4 rings (SSSR count). The van der Waals surface area contributed by atoms with Crippen LogP contribution in [0.5, 0.6) is 5.75 Å². The summed E-state index contributed by atoms with van der Waals surface area (Å²) in [6.45, 7) is 2.24. The van der Waals surface area contributed by atoms with Gasteiger partial charge < -0.3 is 14.8 Å². The monoisotopic (exact) mass is 346 g/mol. The van der Waals surface area contributed by atoms with Crippen LogP contribution in [0.2, 0.25) is 0 Å². The number of hydrogen-bond donors (Lipinski definition) is 2. The van der Waals surface area contributed by atoms with Gasteiger partial charge in [0, 0.05) is 22.0 Å². The summed E-state index contributed by atoms with van der Waals surface area (Å²) in [5, 5.41) is 11.1. The van der Waals surface area contributed by atoms with E-state index in [-0.39, 0.29) is 6.42 Å². The number of ether oxygens (including phenoxy) is 1. The van der Waals surface area contributed by atoms with Crippen molar-refractivity contribution in [2.45, 2.75) is 20.0 Å². The number of pyridine rings is 1. The standard InChI is InChI=1S/C21H18N2O3/c1-13-17(11-21(24)25)18-10-16(8-9-20(18)22-13)26-12-15-7-6-14-4-2-3-5-19(14)23-15/h2-10,22H,11-12H2,1H3,(H,24,25). The highest BCUT2D eigenvalue weighted by Gasteiger charge is 2.12. The first-order valence-corrected chi connectivity index (χ1v) is 8.40. The minimum absolute atomic E-state index is 0.0124. The van der Waals surface area contributed by atoms with Crippen LogP contribution in [0.25, 0.3) is 21.8 Å². The minimum atomic E-state index is -0.847. The number of nitrogens with one attached hydrogen (secondary N) is 1. The van der Waals surface area contributed by atoms with Gasteiger partial charge in [0.15, 0.2) is 0 Å². The van der Waals surface area contributed by atoms with E-state index >= 15 is 0 Å². The van der Waals surface area contributed by atoms with Crippen LogP contribution >= 0.6 is 0 Å². The third kappa shape index (κ3) is 3.11. The summed E-state index contributed by atoms with van der Waals surface area (Å²) >= 11 is 0. The first-order chi connectivity index (χ1) is 12.6. The fourth-order valence-electron chi connectivity index (χ4n) is 3.18. The van der Waals surface area contributed by atoms with Gasteiger partial charge in [0.05, 0.1) is 17.6 Å². The lowest BCUT2D eigenvalue weighted by atomic mass is 10.1. The average molecular weight is 346 g/mol. The van der Waals surface area contributed by atoms with Gasteiger partial charge in [-0.3, -0.25) is 4.79 Å². The van der Waals surface area contributed by atoms with Crippen LogP contribution in [0.4, 0.5) is 0 Å². The quantitative estimate of drug-likeness (QED) is 0.567. The van der Waals surface area contributed by atoms with Crippen LogP contribution in [-0.2, 0) is 17.8 Å². The Morgan fingerprint density at radius 1 is 1.15 bits per heavy atom. The summed E-state index contributed by atoms with van der Waals surface area (Å²) in [6, 6.07) is 17.6. The lowest BCUT2D eigenvalue weighted by Crippen LogP contribution is -2.01. The molecule has 0 amide bonds. The molecule has 2 aromatic heterocycles. The molecule has 0 saturated heterocycles. The van der Waals surface area contributed by atoms with Crippen LogP contribution in [0.15, 0.2) is 54.6 Å². The van der Waals surface area contributed by atoms with Gasteiger partial charge in [0.25, 0.3) is 0 Å². The fraction of sp³-hybridized carbons (Fsp3) is 0.143. The highest BCUT2D eigenvalue weighted by atomic mass is 16.5. The van der Waals surface area contributed by atoms with Crippen LogP contribution in [0, 0.1) is 6.92 Å². The van der Waals surface area contributed by atoms with E-state index in [0.717, 1.165) is 38.8 Å². The Morgan fingerprint density at radius 2 is 2.00 bits per heavy atom. The van der Waals surface area contributed by atoms with Crippen molar-refractivity contribution >= 4 is 27.8 Å². The normalized spacial score (nSPS) is 11.1. The molecule has 0 unspecified atom stereocenters. The Balaban J connectivity index is 1.59. The Bertz CT molecular complexity index is 1110. The first-order valence-electron chi connectivity index (χ1n) is 8.40. The zero-order valence-electron chi connectivity index (χ0n) is 14.3. The Labute approximate surface area is 150 Å². The summed E-state index contributed by atoms with van der Waals surface area (Å²) < 4.78 is 5.89. The number of rotatable bonds is 5. The number of fused-ring (bicyclic) bond motifs is 2. The van der Waals surface area contributed by atoms with Crippen LogP contribution < -0.4 is 4.74 Å². The number of aromatic nitrogens is 2. The van der Waals surface area contributed by atoms with Gasteiger partial charge in [-0.25, -0.2) is 4.98 Å². The summed E-state index contributed by atoms with van der Waals surface area (Å²) in [5.41, 5.74) is 4.36. The van der Waals surface area contributed by atoms with Crippen molar-refractivity contribution in [1.29, 1.82) is 0 Å². The smallest absolute Gasteiger partial charge is 0.307 e. The van der Waals surface area contributed by atoms with Gasteiger partial charge in [-0.1, -0.05) is 24.3 Å². The van der Waals surface area contributed by atoms with E-state index in [1.165, 1.54) is 0 Å². The van der Waals surface area contributed by atoms with E-state index in [1.807, 2.05) is 61.5 Å². The van der Waals surface area contributed by atoms with Gasteiger partial charge >= 0.3 is 5.97 Å². The molecule has 0 radical (unpaired) electrons. The molecule has 5 nitrogen and oxygen atoms in total. The Morgan fingerprint density at radius 3 is 2.85 bits per heavy atom. The number of benzene rings is 2. The second-order valence-corrected chi connectivity index (χ2v) is 6.29. The number of carbonyl (C=O) groups is 1. The maximum Gasteiger partial charge on any atom is 0.307 e. The highest BCUT2D eigenvalue weighted by Crippen LogP contribution is 2.27. The number of hydrogen-bond acceptors (Lipinski definition) is 3.